The topological polar surface area (TPSA) is 104 Å². The van der Waals surface area contributed by atoms with Gasteiger partial charge in [0.25, 0.3) is 0 Å². The molecule has 4 aromatic rings. The first-order valence-corrected chi connectivity index (χ1v) is 9.14. The predicted molar refractivity (Wildman–Crippen MR) is 105 cm³/mol. The summed E-state index contributed by atoms with van der Waals surface area (Å²) in [5.74, 6) is 1.05. The minimum absolute atomic E-state index is 0.0924. The first-order chi connectivity index (χ1) is 13.7. The van der Waals surface area contributed by atoms with E-state index in [-0.39, 0.29) is 12.5 Å². The van der Waals surface area contributed by atoms with E-state index in [1.54, 1.807) is 31.3 Å². The van der Waals surface area contributed by atoms with Gasteiger partial charge in [-0.15, -0.1) is 11.3 Å². The Kier molecular flexibility index (Phi) is 4.85. The lowest BCUT2D eigenvalue weighted by Gasteiger charge is -2.08. The fourth-order valence-corrected chi connectivity index (χ4v) is 3.44. The number of imidazole rings is 1. The van der Waals surface area contributed by atoms with Crippen molar-refractivity contribution in [3.63, 3.8) is 0 Å². The minimum atomic E-state index is -0.212. The Morgan fingerprint density at radius 3 is 2.89 bits per heavy atom. The SMILES string of the molecule is COc1ccc(-c2csc(NC(=O)Cn3cnc4ncncc43)n2)cc1OC. The monoisotopic (exact) mass is 396 g/mol. The number of amides is 1. The van der Waals surface area contributed by atoms with E-state index in [1.807, 2.05) is 23.6 Å². The Morgan fingerprint density at radius 2 is 2.07 bits per heavy atom. The molecule has 0 unspecified atom stereocenters. The number of carbonyl (C=O) groups is 1. The second kappa shape index (κ2) is 7.61. The number of anilines is 1. The lowest BCUT2D eigenvalue weighted by atomic mass is 10.1. The summed E-state index contributed by atoms with van der Waals surface area (Å²) in [5.41, 5.74) is 2.85. The third kappa shape index (κ3) is 3.49. The van der Waals surface area contributed by atoms with E-state index in [1.165, 1.54) is 17.7 Å². The zero-order valence-corrected chi connectivity index (χ0v) is 15.9. The second-order valence-corrected chi connectivity index (χ2v) is 6.62. The van der Waals surface area contributed by atoms with E-state index in [0.29, 0.717) is 27.8 Å². The van der Waals surface area contributed by atoms with Gasteiger partial charge in [-0.1, -0.05) is 0 Å². The molecule has 1 amide bonds. The minimum Gasteiger partial charge on any atom is -0.493 e. The van der Waals surface area contributed by atoms with Gasteiger partial charge in [0.15, 0.2) is 22.3 Å². The normalized spacial score (nSPS) is 10.8. The van der Waals surface area contributed by atoms with Crippen LogP contribution in [-0.2, 0) is 11.3 Å². The molecule has 9 nitrogen and oxygen atoms in total. The lowest BCUT2D eigenvalue weighted by molar-refractivity contribution is -0.116. The summed E-state index contributed by atoms with van der Waals surface area (Å²) in [4.78, 5) is 29.0. The van der Waals surface area contributed by atoms with Crippen molar-refractivity contribution in [1.29, 1.82) is 0 Å². The zero-order valence-electron chi connectivity index (χ0n) is 15.1. The van der Waals surface area contributed by atoms with Crippen LogP contribution in [0, 0.1) is 0 Å². The van der Waals surface area contributed by atoms with Crippen LogP contribution >= 0.6 is 11.3 Å². The molecule has 10 heteroatoms. The van der Waals surface area contributed by atoms with Crippen molar-refractivity contribution in [1.82, 2.24) is 24.5 Å². The van der Waals surface area contributed by atoms with E-state index < -0.39 is 0 Å². The lowest BCUT2D eigenvalue weighted by Crippen LogP contribution is -2.18. The highest BCUT2D eigenvalue weighted by Gasteiger charge is 2.12. The van der Waals surface area contributed by atoms with Gasteiger partial charge >= 0.3 is 0 Å². The molecule has 0 aliphatic carbocycles. The van der Waals surface area contributed by atoms with Crippen LogP contribution in [0.15, 0.2) is 42.4 Å². The number of thiazole rings is 1. The number of carbonyl (C=O) groups excluding carboxylic acids is 1. The summed E-state index contributed by atoms with van der Waals surface area (Å²) in [7, 11) is 3.17. The van der Waals surface area contributed by atoms with Crippen molar-refractivity contribution < 1.29 is 14.3 Å². The van der Waals surface area contributed by atoms with Crippen LogP contribution in [0.3, 0.4) is 0 Å². The van der Waals surface area contributed by atoms with E-state index in [0.717, 1.165) is 11.3 Å². The number of nitrogens with one attached hydrogen (secondary N) is 1. The van der Waals surface area contributed by atoms with Gasteiger partial charge < -0.3 is 19.4 Å². The van der Waals surface area contributed by atoms with E-state index in [9.17, 15) is 4.79 Å². The molecule has 0 saturated carbocycles. The highest BCUT2D eigenvalue weighted by atomic mass is 32.1. The maximum atomic E-state index is 12.4. The number of ether oxygens (including phenoxy) is 2. The van der Waals surface area contributed by atoms with Crippen molar-refractivity contribution in [2.24, 2.45) is 0 Å². The fraction of sp³-hybridized carbons (Fsp3) is 0.167. The first kappa shape index (κ1) is 17.9. The Hall–Kier alpha value is -3.53. The molecule has 0 fully saturated rings. The highest BCUT2D eigenvalue weighted by Crippen LogP contribution is 2.33. The zero-order chi connectivity index (χ0) is 19.5. The summed E-state index contributed by atoms with van der Waals surface area (Å²) in [5, 5.41) is 5.19. The number of nitrogens with zero attached hydrogens (tertiary/aromatic N) is 5. The molecule has 0 radical (unpaired) electrons. The van der Waals surface area contributed by atoms with Gasteiger partial charge in [0.1, 0.15) is 18.4 Å². The Morgan fingerprint density at radius 1 is 1.21 bits per heavy atom. The summed E-state index contributed by atoms with van der Waals surface area (Å²) < 4.78 is 12.3. The van der Waals surface area contributed by atoms with Gasteiger partial charge in [-0.25, -0.2) is 19.9 Å². The molecule has 0 bridgehead atoms. The van der Waals surface area contributed by atoms with Crippen molar-refractivity contribution in [2.75, 3.05) is 19.5 Å². The van der Waals surface area contributed by atoms with Crippen molar-refractivity contribution in [3.8, 4) is 22.8 Å². The molecule has 28 heavy (non-hydrogen) atoms. The summed E-state index contributed by atoms with van der Waals surface area (Å²) in [6.45, 7) is 0.0924. The van der Waals surface area contributed by atoms with Gasteiger partial charge in [-0.2, -0.15) is 0 Å². The van der Waals surface area contributed by atoms with Crippen molar-refractivity contribution in [3.05, 3.63) is 42.4 Å². The Balaban J connectivity index is 1.48. The number of hydrogen-bond acceptors (Lipinski definition) is 8. The van der Waals surface area contributed by atoms with Crippen LogP contribution in [0.2, 0.25) is 0 Å². The van der Waals surface area contributed by atoms with Crippen LogP contribution in [0.25, 0.3) is 22.4 Å². The molecule has 0 spiro atoms. The van der Waals surface area contributed by atoms with Gasteiger partial charge in [-0.05, 0) is 18.2 Å². The molecular weight excluding hydrogens is 380 g/mol. The number of hydrogen-bond donors (Lipinski definition) is 1. The third-order valence-electron chi connectivity index (χ3n) is 4.05. The van der Waals surface area contributed by atoms with E-state index in [4.69, 9.17) is 9.47 Å². The van der Waals surface area contributed by atoms with Gasteiger partial charge in [-0.3, -0.25) is 4.79 Å². The Labute approximate surface area is 164 Å². The van der Waals surface area contributed by atoms with E-state index >= 15 is 0 Å². The quantitative estimate of drug-likeness (QED) is 0.534. The standard InChI is InChI=1S/C18H16N6O3S/c1-26-14-4-3-11(5-15(14)27-2)12-8-28-18(22-12)23-16(25)7-24-10-21-17-13(24)6-19-9-20-17/h3-6,8-10H,7H2,1-2H3,(H,22,23,25). The maximum absolute atomic E-state index is 12.4. The molecule has 3 heterocycles. The number of fused-ring (bicyclic) bond motifs is 1. The van der Waals surface area contributed by atoms with Crippen LogP contribution in [0.5, 0.6) is 11.5 Å². The third-order valence-corrected chi connectivity index (χ3v) is 4.80. The molecule has 4 rings (SSSR count). The molecule has 1 N–H and O–H groups in total. The highest BCUT2D eigenvalue weighted by molar-refractivity contribution is 7.14. The van der Waals surface area contributed by atoms with Crippen LogP contribution in [0.4, 0.5) is 5.13 Å². The van der Waals surface area contributed by atoms with Crippen molar-refractivity contribution >= 4 is 33.5 Å². The molecule has 3 aromatic heterocycles. The Bertz CT molecular complexity index is 1140. The fourth-order valence-electron chi connectivity index (χ4n) is 2.70. The second-order valence-electron chi connectivity index (χ2n) is 5.76. The molecular formula is C18H16N6O3S. The largest absolute Gasteiger partial charge is 0.493 e. The van der Waals surface area contributed by atoms with Crippen LogP contribution in [-0.4, -0.2) is 44.6 Å². The van der Waals surface area contributed by atoms with E-state index in [2.05, 4.69) is 25.3 Å². The maximum Gasteiger partial charge on any atom is 0.246 e. The van der Waals surface area contributed by atoms with Crippen LogP contribution in [0.1, 0.15) is 0 Å². The molecule has 142 valence electrons. The molecule has 0 saturated heterocycles. The average molecular weight is 396 g/mol. The average Bonchev–Trinajstić information content (AvgIpc) is 3.35. The molecule has 0 aliphatic rings. The number of aromatic nitrogens is 5. The summed E-state index contributed by atoms with van der Waals surface area (Å²) >= 11 is 1.35. The van der Waals surface area contributed by atoms with Crippen molar-refractivity contribution in [2.45, 2.75) is 6.54 Å². The summed E-state index contributed by atoms with van der Waals surface area (Å²) in [6.07, 6.45) is 4.61. The summed E-state index contributed by atoms with van der Waals surface area (Å²) in [6, 6.07) is 5.55. The van der Waals surface area contributed by atoms with Gasteiger partial charge in [0.05, 0.1) is 32.4 Å². The number of benzene rings is 1. The first-order valence-electron chi connectivity index (χ1n) is 8.26. The van der Waals surface area contributed by atoms with Crippen LogP contribution < -0.4 is 14.8 Å². The van der Waals surface area contributed by atoms with Gasteiger partial charge in [0, 0.05) is 10.9 Å². The number of rotatable bonds is 6. The number of methoxy groups -OCH3 is 2. The molecule has 0 atom stereocenters. The predicted octanol–water partition coefficient (Wildman–Crippen LogP) is 2.61. The smallest absolute Gasteiger partial charge is 0.246 e. The molecule has 1 aromatic carbocycles. The molecule has 0 aliphatic heterocycles. The van der Waals surface area contributed by atoms with Gasteiger partial charge in [0.2, 0.25) is 5.91 Å².